The highest BCUT2D eigenvalue weighted by Crippen LogP contribution is 2.04. The summed E-state index contributed by atoms with van der Waals surface area (Å²) in [6.07, 6.45) is 4.40. The van der Waals surface area contributed by atoms with Crippen LogP contribution in [-0.4, -0.2) is 12.8 Å². The van der Waals surface area contributed by atoms with E-state index in [1.54, 1.807) is 18.2 Å². The van der Waals surface area contributed by atoms with E-state index in [0.29, 0.717) is 12.1 Å². The van der Waals surface area contributed by atoms with Crippen LogP contribution in [0.25, 0.3) is 16.5 Å². The number of aldehydes is 1. The Morgan fingerprint density at radius 2 is 1.93 bits per heavy atom. The molecule has 0 amide bonds. The number of rotatable bonds is 4. The molecule has 1 aromatic rings. The van der Waals surface area contributed by atoms with Gasteiger partial charge in [-0.2, -0.15) is 0 Å². The Hall–Kier alpha value is -2.06. The van der Waals surface area contributed by atoms with E-state index in [1.165, 1.54) is 0 Å². The lowest BCUT2D eigenvalue weighted by molar-refractivity contribution is 0.112. The van der Waals surface area contributed by atoms with E-state index in [2.05, 4.69) is 10.0 Å². The van der Waals surface area contributed by atoms with Crippen molar-refractivity contribution in [3.05, 3.63) is 51.9 Å². The minimum atomic E-state index is 0.339. The molecule has 0 aliphatic heterocycles. The van der Waals surface area contributed by atoms with Gasteiger partial charge in [0.25, 0.3) is 0 Å². The van der Waals surface area contributed by atoms with Gasteiger partial charge in [-0.05, 0) is 11.1 Å². The van der Waals surface area contributed by atoms with Crippen LogP contribution in [0.15, 0.2) is 35.5 Å². The first kappa shape index (κ1) is 10.0. The fourth-order valence-corrected chi connectivity index (χ4v) is 0.958. The van der Waals surface area contributed by atoms with Crippen molar-refractivity contribution >= 4 is 12.4 Å². The Balaban J connectivity index is 2.63. The lowest BCUT2D eigenvalue weighted by atomic mass is 10.1. The van der Waals surface area contributed by atoms with Crippen LogP contribution in [0.3, 0.4) is 0 Å². The summed E-state index contributed by atoms with van der Waals surface area (Å²) in [5.74, 6) is 0. The van der Waals surface area contributed by atoms with Crippen LogP contribution >= 0.6 is 0 Å². The van der Waals surface area contributed by atoms with Crippen molar-refractivity contribution in [2.24, 2.45) is 5.11 Å². The molecule has 0 aromatic heterocycles. The monoisotopic (exact) mass is 187 g/mol. The van der Waals surface area contributed by atoms with Gasteiger partial charge in [-0.15, -0.1) is 0 Å². The molecule has 0 fully saturated rings. The highest BCUT2D eigenvalue weighted by Gasteiger charge is 1.88. The summed E-state index contributed by atoms with van der Waals surface area (Å²) in [5, 5.41) is 3.36. The van der Waals surface area contributed by atoms with Crippen molar-refractivity contribution in [3.63, 3.8) is 0 Å². The van der Waals surface area contributed by atoms with Gasteiger partial charge < -0.3 is 0 Å². The second-order valence-electron chi connectivity index (χ2n) is 2.60. The van der Waals surface area contributed by atoms with Gasteiger partial charge in [0.15, 0.2) is 0 Å². The summed E-state index contributed by atoms with van der Waals surface area (Å²) in [6.45, 7) is 0.339. The maximum atomic E-state index is 10.3. The van der Waals surface area contributed by atoms with Crippen molar-refractivity contribution in [1.82, 2.24) is 0 Å². The van der Waals surface area contributed by atoms with Crippen LogP contribution < -0.4 is 0 Å². The predicted molar refractivity (Wildman–Crippen MR) is 54.9 cm³/mol. The number of hydrogen-bond acceptors (Lipinski definition) is 2. The Morgan fingerprint density at radius 1 is 1.29 bits per heavy atom. The zero-order valence-electron chi connectivity index (χ0n) is 7.50. The zero-order valence-corrected chi connectivity index (χ0v) is 7.50. The first-order valence-corrected chi connectivity index (χ1v) is 4.09. The average Bonchev–Trinajstić information content (AvgIpc) is 2.25. The van der Waals surface area contributed by atoms with Crippen molar-refractivity contribution < 1.29 is 4.79 Å². The predicted octanol–water partition coefficient (Wildman–Crippen LogP) is 2.82. The molecular formula is C10H9N3O. The fourth-order valence-electron chi connectivity index (χ4n) is 0.958. The fraction of sp³-hybridized carbons (Fsp3) is 0.100. The van der Waals surface area contributed by atoms with E-state index in [9.17, 15) is 4.79 Å². The molecule has 0 saturated heterocycles. The summed E-state index contributed by atoms with van der Waals surface area (Å²) >= 11 is 0. The number of nitrogens with zero attached hydrogens (tertiary/aromatic N) is 3. The van der Waals surface area contributed by atoms with Gasteiger partial charge in [0.1, 0.15) is 6.29 Å². The number of carbonyl (C=O) groups is 1. The molecule has 14 heavy (non-hydrogen) atoms. The third kappa shape index (κ3) is 3.13. The first-order chi connectivity index (χ1) is 6.86. The van der Waals surface area contributed by atoms with Gasteiger partial charge in [0, 0.05) is 17.0 Å². The molecule has 0 saturated carbocycles. The SMILES string of the molecule is [N-]=[N+]=NCC=Cc1ccc(C=O)cc1. The first-order valence-electron chi connectivity index (χ1n) is 4.09. The molecule has 4 nitrogen and oxygen atoms in total. The maximum Gasteiger partial charge on any atom is 0.150 e. The lowest BCUT2D eigenvalue weighted by Gasteiger charge is -1.92. The topological polar surface area (TPSA) is 65.8 Å². The molecule has 0 atom stereocenters. The van der Waals surface area contributed by atoms with Crippen molar-refractivity contribution in [3.8, 4) is 0 Å². The highest BCUT2D eigenvalue weighted by molar-refractivity contribution is 5.75. The van der Waals surface area contributed by atoms with Crippen molar-refractivity contribution in [2.45, 2.75) is 0 Å². The molecular weight excluding hydrogens is 178 g/mol. The quantitative estimate of drug-likeness (QED) is 0.309. The van der Waals surface area contributed by atoms with Gasteiger partial charge in [0.2, 0.25) is 0 Å². The van der Waals surface area contributed by atoms with E-state index in [0.717, 1.165) is 11.8 Å². The van der Waals surface area contributed by atoms with Gasteiger partial charge >= 0.3 is 0 Å². The Kier molecular flexibility index (Phi) is 3.98. The molecule has 0 unspecified atom stereocenters. The molecule has 0 spiro atoms. The minimum absolute atomic E-state index is 0.339. The number of azide groups is 1. The second-order valence-corrected chi connectivity index (χ2v) is 2.60. The van der Waals surface area contributed by atoms with Crippen LogP contribution in [0.1, 0.15) is 15.9 Å². The van der Waals surface area contributed by atoms with Gasteiger partial charge in [0.05, 0.1) is 0 Å². The van der Waals surface area contributed by atoms with E-state index in [-0.39, 0.29) is 0 Å². The normalized spacial score (nSPS) is 9.71. The Morgan fingerprint density at radius 3 is 2.50 bits per heavy atom. The molecule has 0 aliphatic carbocycles. The largest absolute Gasteiger partial charge is 0.298 e. The zero-order chi connectivity index (χ0) is 10.2. The molecule has 0 N–H and O–H groups in total. The summed E-state index contributed by atoms with van der Waals surface area (Å²) in [7, 11) is 0. The molecule has 4 heteroatoms. The molecule has 0 radical (unpaired) electrons. The number of hydrogen-bond donors (Lipinski definition) is 0. The summed E-state index contributed by atoms with van der Waals surface area (Å²) in [6, 6.07) is 7.13. The molecule has 0 heterocycles. The molecule has 0 bridgehead atoms. The maximum absolute atomic E-state index is 10.3. The Bertz CT molecular complexity index is 375. The molecule has 1 rings (SSSR count). The van der Waals surface area contributed by atoms with Crippen molar-refractivity contribution in [1.29, 1.82) is 0 Å². The lowest BCUT2D eigenvalue weighted by Crippen LogP contribution is -1.78. The Labute approximate surface area is 81.5 Å². The van der Waals surface area contributed by atoms with E-state index < -0.39 is 0 Å². The number of carbonyl (C=O) groups excluding carboxylic acids is 1. The third-order valence-corrected chi connectivity index (χ3v) is 1.63. The van der Waals surface area contributed by atoms with Crippen molar-refractivity contribution in [2.75, 3.05) is 6.54 Å². The standard InChI is InChI=1S/C10H9N3O/c11-13-12-7-1-2-9-3-5-10(8-14)6-4-9/h1-6,8H,7H2. The van der Waals surface area contributed by atoms with E-state index in [1.807, 2.05) is 18.2 Å². The molecule has 1 aromatic carbocycles. The molecule has 70 valence electrons. The van der Waals surface area contributed by atoms with E-state index >= 15 is 0 Å². The number of benzene rings is 1. The average molecular weight is 187 g/mol. The third-order valence-electron chi connectivity index (χ3n) is 1.63. The smallest absolute Gasteiger partial charge is 0.150 e. The van der Waals surface area contributed by atoms with Gasteiger partial charge in [-0.25, -0.2) is 0 Å². The van der Waals surface area contributed by atoms with E-state index in [4.69, 9.17) is 5.53 Å². The van der Waals surface area contributed by atoms with Crippen LogP contribution in [0.4, 0.5) is 0 Å². The second kappa shape index (κ2) is 5.56. The highest BCUT2D eigenvalue weighted by atomic mass is 16.1. The summed E-state index contributed by atoms with van der Waals surface area (Å²) in [4.78, 5) is 13.0. The minimum Gasteiger partial charge on any atom is -0.298 e. The van der Waals surface area contributed by atoms with Crippen LogP contribution in [0.2, 0.25) is 0 Å². The van der Waals surface area contributed by atoms with Gasteiger partial charge in [-0.3, -0.25) is 4.79 Å². The van der Waals surface area contributed by atoms with Gasteiger partial charge in [-0.1, -0.05) is 41.5 Å². The molecule has 0 aliphatic rings. The summed E-state index contributed by atoms with van der Waals surface area (Å²) < 4.78 is 0. The van der Waals surface area contributed by atoms with Crippen LogP contribution in [0, 0.1) is 0 Å². The van der Waals surface area contributed by atoms with Crippen LogP contribution in [-0.2, 0) is 0 Å². The summed E-state index contributed by atoms with van der Waals surface area (Å²) in [5.41, 5.74) is 9.64. The van der Waals surface area contributed by atoms with Crippen LogP contribution in [0.5, 0.6) is 0 Å².